The molecule has 0 amide bonds. The van der Waals surface area contributed by atoms with Gasteiger partial charge in [-0.05, 0) is 42.3 Å². The fourth-order valence-electron chi connectivity index (χ4n) is 3.03. The van der Waals surface area contributed by atoms with Gasteiger partial charge in [-0.25, -0.2) is 0 Å². The van der Waals surface area contributed by atoms with E-state index in [1.807, 2.05) is 43.4 Å². The van der Waals surface area contributed by atoms with Crippen LogP contribution in [-0.2, 0) is 12.0 Å². The molecule has 1 aliphatic rings. The van der Waals surface area contributed by atoms with Gasteiger partial charge >= 0.3 is 0 Å². The number of halogens is 1. The Labute approximate surface area is 124 Å². The van der Waals surface area contributed by atoms with Crippen molar-refractivity contribution in [2.45, 2.75) is 12.0 Å². The maximum absolute atomic E-state index is 9.96. The summed E-state index contributed by atoms with van der Waals surface area (Å²) in [6.07, 6.45) is 0.976. The third-order valence-electron chi connectivity index (χ3n) is 4.12. The summed E-state index contributed by atoms with van der Waals surface area (Å²) in [5.74, 6) is 0. The summed E-state index contributed by atoms with van der Waals surface area (Å²) in [7, 11) is 2.01. The SMILES string of the molecule is CN1CCc2ccccc2C1(C#N)c1ccc(Cl)cc1. The molecule has 1 atom stereocenters. The zero-order valence-corrected chi connectivity index (χ0v) is 12.1. The van der Waals surface area contributed by atoms with Crippen molar-refractivity contribution in [2.24, 2.45) is 0 Å². The topological polar surface area (TPSA) is 27.0 Å². The molecule has 2 nitrogen and oxygen atoms in total. The summed E-state index contributed by atoms with van der Waals surface area (Å²) in [6, 6.07) is 18.3. The van der Waals surface area contributed by atoms with Crippen LogP contribution in [0.15, 0.2) is 48.5 Å². The zero-order valence-electron chi connectivity index (χ0n) is 11.3. The Bertz CT molecular complexity index is 672. The molecule has 0 aromatic heterocycles. The van der Waals surface area contributed by atoms with Crippen molar-refractivity contribution in [3.8, 4) is 6.07 Å². The van der Waals surface area contributed by atoms with Gasteiger partial charge in [-0.2, -0.15) is 5.26 Å². The maximum Gasteiger partial charge on any atom is 0.160 e. The van der Waals surface area contributed by atoms with Crippen molar-refractivity contribution in [1.29, 1.82) is 5.26 Å². The Morgan fingerprint density at radius 1 is 1.15 bits per heavy atom. The normalized spacial score (nSPS) is 22.1. The Morgan fingerprint density at radius 3 is 2.55 bits per heavy atom. The van der Waals surface area contributed by atoms with E-state index in [1.165, 1.54) is 5.56 Å². The average molecular weight is 283 g/mol. The van der Waals surface area contributed by atoms with Crippen LogP contribution >= 0.6 is 11.6 Å². The molecule has 2 aromatic carbocycles. The summed E-state index contributed by atoms with van der Waals surface area (Å²) in [4.78, 5) is 2.12. The fourth-order valence-corrected chi connectivity index (χ4v) is 3.16. The molecule has 1 aliphatic heterocycles. The predicted octanol–water partition coefficient (Wildman–Crippen LogP) is 3.60. The third-order valence-corrected chi connectivity index (χ3v) is 4.37. The Hall–Kier alpha value is -1.82. The van der Waals surface area contributed by atoms with Gasteiger partial charge in [0.1, 0.15) is 0 Å². The van der Waals surface area contributed by atoms with Gasteiger partial charge in [-0.1, -0.05) is 48.0 Å². The summed E-state index contributed by atoms with van der Waals surface area (Å²) < 4.78 is 0. The number of hydrogen-bond acceptors (Lipinski definition) is 2. The first-order valence-corrected chi connectivity index (χ1v) is 7.03. The molecule has 0 radical (unpaired) electrons. The molecule has 2 aromatic rings. The monoisotopic (exact) mass is 282 g/mol. The highest BCUT2D eigenvalue weighted by Gasteiger charge is 2.42. The van der Waals surface area contributed by atoms with Gasteiger partial charge < -0.3 is 0 Å². The largest absolute Gasteiger partial charge is 0.281 e. The number of hydrogen-bond donors (Lipinski definition) is 0. The molecule has 0 bridgehead atoms. The minimum Gasteiger partial charge on any atom is -0.281 e. The van der Waals surface area contributed by atoms with Gasteiger partial charge in [0, 0.05) is 11.6 Å². The lowest BCUT2D eigenvalue weighted by Gasteiger charge is -2.42. The van der Waals surface area contributed by atoms with E-state index in [2.05, 4.69) is 23.1 Å². The first-order valence-electron chi connectivity index (χ1n) is 6.65. The van der Waals surface area contributed by atoms with E-state index < -0.39 is 5.54 Å². The number of benzene rings is 2. The van der Waals surface area contributed by atoms with Gasteiger partial charge in [-0.3, -0.25) is 4.90 Å². The minimum atomic E-state index is -0.723. The number of rotatable bonds is 1. The molecule has 0 N–H and O–H groups in total. The quantitative estimate of drug-likeness (QED) is 0.799. The first-order chi connectivity index (χ1) is 9.68. The van der Waals surface area contributed by atoms with Crippen LogP contribution in [0.2, 0.25) is 5.02 Å². The second-order valence-corrected chi connectivity index (χ2v) is 5.59. The molecule has 1 heterocycles. The molecule has 1 unspecified atom stereocenters. The van der Waals surface area contributed by atoms with Gasteiger partial charge in [0.15, 0.2) is 5.54 Å². The van der Waals surface area contributed by atoms with Crippen molar-refractivity contribution in [3.63, 3.8) is 0 Å². The van der Waals surface area contributed by atoms with E-state index in [4.69, 9.17) is 11.6 Å². The molecule has 3 heteroatoms. The molecular weight excluding hydrogens is 268 g/mol. The minimum absolute atomic E-state index is 0.689. The highest BCUT2D eigenvalue weighted by atomic mass is 35.5. The number of fused-ring (bicyclic) bond motifs is 1. The van der Waals surface area contributed by atoms with E-state index in [-0.39, 0.29) is 0 Å². The Morgan fingerprint density at radius 2 is 1.85 bits per heavy atom. The standard InChI is InChI=1S/C17H15ClN2/c1-20-11-10-13-4-2-3-5-16(13)17(20,12-19)14-6-8-15(18)9-7-14/h2-9H,10-11H2,1H3. The molecule has 100 valence electrons. The summed E-state index contributed by atoms with van der Waals surface area (Å²) in [6.45, 7) is 0.868. The lowest BCUT2D eigenvalue weighted by atomic mass is 9.77. The molecule has 0 saturated heterocycles. The van der Waals surface area contributed by atoms with E-state index in [0.717, 1.165) is 24.1 Å². The van der Waals surface area contributed by atoms with Crippen LogP contribution in [0.3, 0.4) is 0 Å². The summed E-state index contributed by atoms with van der Waals surface area (Å²) >= 11 is 5.98. The van der Waals surface area contributed by atoms with Crippen molar-refractivity contribution in [2.75, 3.05) is 13.6 Å². The van der Waals surface area contributed by atoms with E-state index in [0.29, 0.717) is 5.02 Å². The fraction of sp³-hybridized carbons (Fsp3) is 0.235. The van der Waals surface area contributed by atoms with Crippen LogP contribution in [0.5, 0.6) is 0 Å². The van der Waals surface area contributed by atoms with Crippen LogP contribution in [0.1, 0.15) is 16.7 Å². The second-order valence-electron chi connectivity index (χ2n) is 5.16. The second kappa shape index (κ2) is 4.94. The van der Waals surface area contributed by atoms with Crippen LogP contribution in [0.25, 0.3) is 0 Å². The van der Waals surface area contributed by atoms with Gasteiger partial charge in [0.05, 0.1) is 6.07 Å². The number of likely N-dealkylation sites (N-methyl/N-ethyl adjacent to an activating group) is 1. The van der Waals surface area contributed by atoms with Crippen molar-refractivity contribution < 1.29 is 0 Å². The van der Waals surface area contributed by atoms with E-state index in [1.54, 1.807) is 0 Å². The van der Waals surface area contributed by atoms with E-state index in [9.17, 15) is 5.26 Å². The van der Waals surface area contributed by atoms with Gasteiger partial charge in [-0.15, -0.1) is 0 Å². The lowest BCUT2D eigenvalue weighted by molar-refractivity contribution is 0.200. The zero-order chi connectivity index (χ0) is 14.2. The average Bonchev–Trinajstić information content (AvgIpc) is 2.49. The molecule has 0 aliphatic carbocycles. The Kier molecular flexibility index (Phi) is 3.25. The van der Waals surface area contributed by atoms with Gasteiger partial charge in [0.2, 0.25) is 0 Å². The van der Waals surface area contributed by atoms with E-state index >= 15 is 0 Å². The van der Waals surface area contributed by atoms with Crippen LogP contribution in [-0.4, -0.2) is 18.5 Å². The molecule has 0 spiro atoms. The molecular formula is C17H15ClN2. The highest BCUT2D eigenvalue weighted by molar-refractivity contribution is 6.30. The van der Waals surface area contributed by atoms with Crippen molar-refractivity contribution >= 4 is 11.6 Å². The molecule has 3 rings (SSSR count). The van der Waals surface area contributed by atoms with Crippen molar-refractivity contribution in [1.82, 2.24) is 4.90 Å². The smallest absolute Gasteiger partial charge is 0.160 e. The van der Waals surface area contributed by atoms with Gasteiger partial charge in [0.25, 0.3) is 0 Å². The first kappa shape index (κ1) is 13.2. The van der Waals surface area contributed by atoms with Crippen LogP contribution < -0.4 is 0 Å². The van der Waals surface area contributed by atoms with Crippen molar-refractivity contribution in [3.05, 3.63) is 70.2 Å². The number of nitriles is 1. The predicted molar refractivity (Wildman–Crippen MR) is 80.6 cm³/mol. The maximum atomic E-state index is 9.96. The third kappa shape index (κ3) is 1.83. The Balaban J connectivity index is 2.26. The van der Waals surface area contributed by atoms with Crippen LogP contribution in [0, 0.1) is 11.3 Å². The molecule has 20 heavy (non-hydrogen) atoms. The summed E-state index contributed by atoms with van der Waals surface area (Å²) in [5.41, 5.74) is 2.58. The molecule has 0 fully saturated rings. The summed E-state index contributed by atoms with van der Waals surface area (Å²) in [5, 5.41) is 10.6. The van der Waals surface area contributed by atoms with Crippen LogP contribution in [0.4, 0.5) is 0 Å². The highest BCUT2D eigenvalue weighted by Crippen LogP contribution is 2.40. The molecule has 0 saturated carbocycles. The lowest BCUT2D eigenvalue weighted by Crippen LogP contribution is -2.48. The number of nitrogens with zero attached hydrogens (tertiary/aromatic N) is 2.